The highest BCUT2D eigenvalue weighted by atomic mass is 19.1. The summed E-state index contributed by atoms with van der Waals surface area (Å²) < 4.78 is 13.3. The number of halogens is 1. The number of nitrogens with one attached hydrogen (secondary N) is 1. The van der Waals surface area contributed by atoms with Crippen LogP contribution in [0.4, 0.5) is 27.9 Å². The smallest absolute Gasteiger partial charge is 0.231 e. The van der Waals surface area contributed by atoms with Gasteiger partial charge in [-0.05, 0) is 56.2 Å². The Morgan fingerprint density at radius 2 is 1.33 bits per heavy atom. The van der Waals surface area contributed by atoms with Crippen LogP contribution in [0.15, 0.2) is 67.3 Å². The number of aliphatic hydroxyl groups is 1. The van der Waals surface area contributed by atoms with Crippen molar-refractivity contribution in [1.29, 1.82) is 0 Å². The van der Waals surface area contributed by atoms with E-state index in [1.807, 2.05) is 31.2 Å². The molecule has 0 bridgehead atoms. The molecule has 1 fully saturated rings. The average molecular weight is 530 g/mol. The topological polar surface area (TPSA) is 129 Å². The van der Waals surface area contributed by atoms with Crippen LogP contribution in [0, 0.1) is 5.82 Å². The first-order valence-electron chi connectivity index (χ1n) is 12.8. The average Bonchev–Trinajstić information content (AvgIpc) is 2.93. The molecule has 2 aromatic carbocycles. The van der Waals surface area contributed by atoms with E-state index < -0.39 is 11.1 Å². The lowest BCUT2D eigenvalue weighted by Gasteiger charge is -2.35. The van der Waals surface area contributed by atoms with Gasteiger partial charge in [0, 0.05) is 49.8 Å². The minimum Gasteiger partial charge on any atom is -0.386 e. The summed E-state index contributed by atoms with van der Waals surface area (Å²) in [5.41, 5.74) is 7.98. The quantitative estimate of drug-likeness (QED) is 0.328. The van der Waals surface area contributed by atoms with E-state index >= 15 is 0 Å². The fourth-order valence-electron chi connectivity index (χ4n) is 4.41. The molecule has 11 heteroatoms. The molecule has 0 radical (unpaired) electrons. The summed E-state index contributed by atoms with van der Waals surface area (Å²) in [5, 5.41) is 13.3. The zero-order chi connectivity index (χ0) is 27.6. The first-order chi connectivity index (χ1) is 18.6. The molecule has 202 valence electrons. The van der Waals surface area contributed by atoms with Gasteiger partial charge < -0.3 is 26.0 Å². The SMILES string of the molecule is CC(C)(O)c1ccc(Nc2ncnc(N3CCN(c4ncc([C@@](C)(N)c5ccc(F)cc5)cn4)CC3)n2)cc1. The lowest BCUT2D eigenvalue weighted by atomic mass is 9.87. The Morgan fingerprint density at radius 1 is 0.769 bits per heavy atom. The summed E-state index contributed by atoms with van der Waals surface area (Å²) in [4.78, 5) is 26.5. The third-order valence-corrected chi connectivity index (χ3v) is 6.93. The van der Waals surface area contributed by atoms with Gasteiger partial charge in [-0.25, -0.2) is 24.3 Å². The molecule has 1 saturated heterocycles. The van der Waals surface area contributed by atoms with Crippen LogP contribution in [0.2, 0.25) is 0 Å². The van der Waals surface area contributed by atoms with Crippen molar-refractivity contribution in [2.45, 2.75) is 31.9 Å². The molecule has 0 saturated carbocycles. The molecule has 4 aromatic rings. The zero-order valence-electron chi connectivity index (χ0n) is 22.2. The Hall–Kier alpha value is -4.22. The van der Waals surface area contributed by atoms with Crippen molar-refractivity contribution in [3.8, 4) is 0 Å². The molecule has 0 spiro atoms. The van der Waals surface area contributed by atoms with Gasteiger partial charge in [0.05, 0.1) is 11.1 Å². The molecule has 39 heavy (non-hydrogen) atoms. The fourth-order valence-corrected chi connectivity index (χ4v) is 4.41. The Morgan fingerprint density at radius 3 is 1.92 bits per heavy atom. The van der Waals surface area contributed by atoms with Crippen LogP contribution < -0.4 is 20.9 Å². The number of benzene rings is 2. The van der Waals surface area contributed by atoms with Crippen LogP contribution in [0.1, 0.15) is 37.5 Å². The molecule has 0 unspecified atom stereocenters. The van der Waals surface area contributed by atoms with Crippen LogP contribution in [-0.2, 0) is 11.1 Å². The van der Waals surface area contributed by atoms with Gasteiger partial charge in [-0.15, -0.1) is 0 Å². The summed E-state index contributed by atoms with van der Waals surface area (Å²) >= 11 is 0. The molecular weight excluding hydrogens is 497 g/mol. The number of piperazine rings is 1. The number of rotatable bonds is 7. The lowest BCUT2D eigenvalue weighted by Crippen LogP contribution is -2.47. The van der Waals surface area contributed by atoms with Crippen molar-refractivity contribution in [1.82, 2.24) is 24.9 Å². The molecule has 1 aliphatic rings. The van der Waals surface area contributed by atoms with Gasteiger partial charge >= 0.3 is 0 Å². The fraction of sp³-hybridized carbons (Fsp3) is 0.321. The predicted octanol–water partition coefficient (Wildman–Crippen LogP) is 3.32. The van der Waals surface area contributed by atoms with E-state index in [9.17, 15) is 9.50 Å². The molecule has 1 aliphatic heterocycles. The normalized spacial score (nSPS) is 15.6. The second-order valence-electron chi connectivity index (χ2n) is 10.3. The van der Waals surface area contributed by atoms with Crippen LogP contribution in [0.25, 0.3) is 0 Å². The second kappa shape index (κ2) is 10.5. The zero-order valence-corrected chi connectivity index (χ0v) is 22.2. The molecule has 2 aromatic heterocycles. The van der Waals surface area contributed by atoms with Crippen molar-refractivity contribution in [2.24, 2.45) is 5.73 Å². The molecular formula is C28H32FN9O. The van der Waals surface area contributed by atoms with Crippen molar-refractivity contribution < 1.29 is 9.50 Å². The van der Waals surface area contributed by atoms with Gasteiger partial charge in [0.15, 0.2) is 0 Å². The van der Waals surface area contributed by atoms with Gasteiger partial charge in [0.25, 0.3) is 0 Å². The molecule has 0 aliphatic carbocycles. The Labute approximate surface area is 226 Å². The summed E-state index contributed by atoms with van der Waals surface area (Å²) in [6.45, 7) is 8.15. The minimum atomic E-state index is -0.900. The monoisotopic (exact) mass is 529 g/mol. The molecule has 1 atom stereocenters. The van der Waals surface area contributed by atoms with Crippen LogP contribution in [0.5, 0.6) is 0 Å². The van der Waals surface area contributed by atoms with Crippen molar-refractivity contribution in [3.63, 3.8) is 0 Å². The van der Waals surface area contributed by atoms with E-state index in [4.69, 9.17) is 5.73 Å². The highest BCUT2D eigenvalue weighted by molar-refractivity contribution is 5.55. The van der Waals surface area contributed by atoms with Crippen LogP contribution in [-0.4, -0.2) is 56.2 Å². The molecule has 4 N–H and O–H groups in total. The van der Waals surface area contributed by atoms with Crippen LogP contribution >= 0.6 is 0 Å². The summed E-state index contributed by atoms with van der Waals surface area (Å²) in [6, 6.07) is 13.7. The van der Waals surface area contributed by atoms with Crippen molar-refractivity contribution in [2.75, 3.05) is 41.3 Å². The number of hydrogen-bond acceptors (Lipinski definition) is 10. The van der Waals surface area contributed by atoms with E-state index in [1.165, 1.54) is 18.5 Å². The number of nitrogens with two attached hydrogens (primary N) is 1. The number of anilines is 4. The van der Waals surface area contributed by atoms with Gasteiger partial charge in [0.2, 0.25) is 17.8 Å². The molecule has 3 heterocycles. The predicted molar refractivity (Wildman–Crippen MR) is 148 cm³/mol. The highest BCUT2D eigenvalue weighted by Crippen LogP contribution is 2.27. The van der Waals surface area contributed by atoms with Crippen molar-refractivity contribution >= 4 is 23.5 Å². The largest absolute Gasteiger partial charge is 0.386 e. The number of nitrogens with zero attached hydrogens (tertiary/aromatic N) is 7. The number of aromatic nitrogens is 5. The Kier molecular flexibility index (Phi) is 7.11. The van der Waals surface area contributed by atoms with Crippen LogP contribution in [0.3, 0.4) is 0 Å². The second-order valence-corrected chi connectivity index (χ2v) is 10.3. The first kappa shape index (κ1) is 26.4. The van der Waals surface area contributed by atoms with E-state index in [1.54, 1.807) is 38.4 Å². The standard InChI is InChI=1S/C28H32FN9O/c1-27(2,39)19-6-10-23(11-7-19)35-24-33-18-34-26(36-24)38-14-12-37(13-15-38)25-31-16-21(17-32-25)28(3,30)20-4-8-22(29)9-5-20/h4-11,16-18,39H,12-15,30H2,1-3H3,(H,33,34,35,36)/t28-/m0/s1. The summed E-state index contributed by atoms with van der Waals surface area (Å²) in [6.07, 6.45) is 4.96. The third-order valence-electron chi connectivity index (χ3n) is 6.93. The molecule has 0 amide bonds. The molecule has 5 rings (SSSR count). The van der Waals surface area contributed by atoms with E-state index in [2.05, 4.69) is 40.0 Å². The van der Waals surface area contributed by atoms with Gasteiger partial charge in [-0.1, -0.05) is 24.3 Å². The lowest BCUT2D eigenvalue weighted by molar-refractivity contribution is 0.0786. The number of hydrogen-bond donors (Lipinski definition) is 3. The maximum Gasteiger partial charge on any atom is 0.231 e. The highest BCUT2D eigenvalue weighted by Gasteiger charge is 2.26. The minimum absolute atomic E-state index is 0.303. The van der Waals surface area contributed by atoms with Gasteiger partial charge in [-0.3, -0.25) is 0 Å². The van der Waals surface area contributed by atoms with Gasteiger partial charge in [-0.2, -0.15) is 4.98 Å². The Bertz CT molecular complexity index is 1400. The first-order valence-corrected chi connectivity index (χ1v) is 12.8. The van der Waals surface area contributed by atoms with E-state index in [-0.39, 0.29) is 5.82 Å². The maximum atomic E-state index is 13.3. The molecule has 10 nitrogen and oxygen atoms in total. The Balaban J connectivity index is 1.20. The maximum absolute atomic E-state index is 13.3. The third kappa shape index (κ3) is 5.94. The summed E-state index contributed by atoms with van der Waals surface area (Å²) in [7, 11) is 0. The van der Waals surface area contributed by atoms with E-state index in [0.717, 1.165) is 22.4 Å². The summed E-state index contributed by atoms with van der Waals surface area (Å²) in [5.74, 6) is 1.36. The van der Waals surface area contributed by atoms with Crippen molar-refractivity contribution in [3.05, 3.63) is 89.8 Å². The van der Waals surface area contributed by atoms with E-state index in [0.29, 0.717) is 44.0 Å². The van der Waals surface area contributed by atoms with Gasteiger partial charge in [0.1, 0.15) is 12.1 Å².